The fourth-order valence-electron chi connectivity index (χ4n) is 2.60. The van der Waals surface area contributed by atoms with Gasteiger partial charge in [0.25, 0.3) is 0 Å². The van der Waals surface area contributed by atoms with E-state index in [2.05, 4.69) is 31.0 Å². The molecular formula is C15H18N6O. The summed E-state index contributed by atoms with van der Waals surface area (Å²) < 4.78 is 5.32. The Balaban J connectivity index is 1.85. The highest BCUT2D eigenvalue weighted by molar-refractivity contribution is 5.45. The quantitative estimate of drug-likeness (QED) is 0.829. The summed E-state index contributed by atoms with van der Waals surface area (Å²) >= 11 is 0. The Kier molecular flexibility index (Phi) is 3.77. The molecule has 1 saturated heterocycles. The van der Waals surface area contributed by atoms with Gasteiger partial charge in [-0.1, -0.05) is 11.2 Å². The van der Waals surface area contributed by atoms with E-state index >= 15 is 0 Å². The summed E-state index contributed by atoms with van der Waals surface area (Å²) in [6.07, 6.45) is 0. The molecule has 0 amide bonds. The third-order valence-electron chi connectivity index (χ3n) is 3.99. The van der Waals surface area contributed by atoms with Crippen molar-refractivity contribution in [1.29, 1.82) is 5.26 Å². The lowest BCUT2D eigenvalue weighted by molar-refractivity contribution is 0.177. The number of hydrogen-bond donors (Lipinski definition) is 0. The van der Waals surface area contributed by atoms with Crippen LogP contribution in [-0.2, 0) is 0 Å². The molecule has 7 nitrogen and oxygen atoms in total. The van der Waals surface area contributed by atoms with E-state index in [1.807, 2.05) is 33.0 Å². The van der Waals surface area contributed by atoms with Crippen LogP contribution in [0.5, 0.6) is 0 Å². The Hall–Kier alpha value is -2.46. The third kappa shape index (κ3) is 2.65. The molecule has 1 aliphatic heterocycles. The molecule has 1 atom stereocenters. The molecule has 22 heavy (non-hydrogen) atoms. The Morgan fingerprint density at radius 3 is 2.77 bits per heavy atom. The highest BCUT2D eigenvalue weighted by Gasteiger charge is 2.30. The van der Waals surface area contributed by atoms with Gasteiger partial charge >= 0.3 is 0 Å². The molecular weight excluding hydrogens is 280 g/mol. The third-order valence-corrected chi connectivity index (χ3v) is 3.99. The Labute approximate surface area is 129 Å². The summed E-state index contributed by atoms with van der Waals surface area (Å²) in [5.74, 6) is 2.08. The molecule has 1 fully saturated rings. The molecule has 1 aliphatic rings. The first kappa shape index (κ1) is 14.5. The van der Waals surface area contributed by atoms with Gasteiger partial charge < -0.3 is 9.42 Å². The van der Waals surface area contributed by atoms with Crippen molar-refractivity contribution in [3.05, 3.63) is 35.1 Å². The lowest BCUT2D eigenvalue weighted by atomic mass is 10.1. The van der Waals surface area contributed by atoms with E-state index in [9.17, 15) is 0 Å². The first-order chi connectivity index (χ1) is 10.6. The average molecular weight is 298 g/mol. The predicted octanol–water partition coefficient (Wildman–Crippen LogP) is 1.45. The zero-order chi connectivity index (χ0) is 15.7. The van der Waals surface area contributed by atoms with Gasteiger partial charge in [-0.25, -0.2) is 4.98 Å². The van der Waals surface area contributed by atoms with Crippen molar-refractivity contribution in [3.63, 3.8) is 0 Å². The summed E-state index contributed by atoms with van der Waals surface area (Å²) in [7, 11) is 2.05. The van der Waals surface area contributed by atoms with Gasteiger partial charge in [0, 0.05) is 19.6 Å². The number of likely N-dealkylation sites (N-methyl/N-ethyl adjacent to an activating group) is 1. The highest BCUT2D eigenvalue weighted by atomic mass is 16.5. The van der Waals surface area contributed by atoms with Crippen LogP contribution in [0.25, 0.3) is 0 Å². The molecule has 114 valence electrons. The second kappa shape index (κ2) is 5.73. The first-order valence-electron chi connectivity index (χ1n) is 7.21. The number of aromatic nitrogens is 3. The number of hydrogen-bond acceptors (Lipinski definition) is 7. The molecule has 7 heteroatoms. The normalized spacial score (nSPS) is 19.2. The van der Waals surface area contributed by atoms with Crippen molar-refractivity contribution in [3.8, 4) is 6.07 Å². The van der Waals surface area contributed by atoms with Crippen LogP contribution in [-0.4, -0.2) is 46.7 Å². The van der Waals surface area contributed by atoms with Gasteiger partial charge in [-0.3, -0.25) is 4.90 Å². The van der Waals surface area contributed by atoms with E-state index in [-0.39, 0.29) is 6.04 Å². The van der Waals surface area contributed by atoms with Crippen LogP contribution in [0, 0.1) is 25.2 Å². The molecule has 0 spiro atoms. The highest BCUT2D eigenvalue weighted by Crippen LogP contribution is 2.26. The zero-order valence-electron chi connectivity index (χ0n) is 12.9. The van der Waals surface area contributed by atoms with Crippen LogP contribution in [0.15, 0.2) is 16.7 Å². The van der Waals surface area contributed by atoms with E-state index in [0.29, 0.717) is 24.0 Å². The minimum Gasteiger partial charge on any atom is -0.353 e. The molecule has 3 heterocycles. The maximum atomic E-state index is 9.14. The summed E-state index contributed by atoms with van der Waals surface area (Å²) in [4.78, 5) is 13.1. The molecule has 0 aliphatic carbocycles. The van der Waals surface area contributed by atoms with Crippen molar-refractivity contribution in [1.82, 2.24) is 20.0 Å². The standard InChI is InChI=1S/C15H18N6O/c1-10-4-5-14(18-12(10)8-16)21-7-6-20(3)13(9-21)15-17-11(2)19-22-15/h4-5,13H,6-7,9H2,1-3H3/t13-/m0/s1. The van der Waals surface area contributed by atoms with E-state index in [0.717, 1.165) is 24.5 Å². The summed E-state index contributed by atoms with van der Waals surface area (Å²) in [6.45, 7) is 6.13. The van der Waals surface area contributed by atoms with Crippen LogP contribution in [0.3, 0.4) is 0 Å². The molecule has 0 unspecified atom stereocenters. The molecule has 2 aromatic heterocycles. The number of rotatable bonds is 2. The molecule has 0 bridgehead atoms. The molecule has 3 rings (SSSR count). The zero-order valence-corrected chi connectivity index (χ0v) is 12.9. The number of piperazine rings is 1. The second-order valence-corrected chi connectivity index (χ2v) is 5.57. The van der Waals surface area contributed by atoms with Crippen molar-refractivity contribution in [2.45, 2.75) is 19.9 Å². The maximum absolute atomic E-state index is 9.14. The van der Waals surface area contributed by atoms with Gasteiger partial charge in [-0.2, -0.15) is 10.2 Å². The van der Waals surface area contributed by atoms with Gasteiger partial charge in [-0.05, 0) is 32.5 Å². The monoisotopic (exact) mass is 298 g/mol. The van der Waals surface area contributed by atoms with Gasteiger partial charge in [0.1, 0.15) is 23.6 Å². The Morgan fingerprint density at radius 1 is 1.27 bits per heavy atom. The van der Waals surface area contributed by atoms with E-state index in [1.54, 1.807) is 0 Å². The summed E-state index contributed by atoms with van der Waals surface area (Å²) in [6, 6.07) is 6.06. The fourth-order valence-corrected chi connectivity index (χ4v) is 2.60. The Bertz CT molecular complexity index is 719. The van der Waals surface area contributed by atoms with Crippen LogP contribution in [0.2, 0.25) is 0 Å². The van der Waals surface area contributed by atoms with Crippen molar-refractivity contribution in [2.75, 3.05) is 31.6 Å². The maximum Gasteiger partial charge on any atom is 0.245 e. The van der Waals surface area contributed by atoms with Crippen LogP contribution in [0.4, 0.5) is 5.82 Å². The summed E-state index contributed by atoms with van der Waals surface area (Å²) in [5, 5.41) is 13.0. The lowest BCUT2D eigenvalue weighted by Gasteiger charge is -2.38. The van der Waals surface area contributed by atoms with Crippen molar-refractivity contribution >= 4 is 5.82 Å². The van der Waals surface area contributed by atoms with E-state index in [1.165, 1.54) is 0 Å². The van der Waals surface area contributed by atoms with Gasteiger partial charge in [0.05, 0.1) is 0 Å². The molecule has 0 aromatic carbocycles. The van der Waals surface area contributed by atoms with Crippen molar-refractivity contribution in [2.24, 2.45) is 0 Å². The largest absolute Gasteiger partial charge is 0.353 e. The minimum atomic E-state index is 0.0311. The molecule has 0 saturated carbocycles. The van der Waals surface area contributed by atoms with E-state index in [4.69, 9.17) is 9.78 Å². The van der Waals surface area contributed by atoms with Gasteiger partial charge in [0.2, 0.25) is 5.89 Å². The van der Waals surface area contributed by atoms with Crippen molar-refractivity contribution < 1.29 is 4.52 Å². The first-order valence-corrected chi connectivity index (χ1v) is 7.21. The van der Waals surface area contributed by atoms with Gasteiger partial charge in [-0.15, -0.1) is 0 Å². The van der Waals surface area contributed by atoms with Gasteiger partial charge in [0.15, 0.2) is 5.82 Å². The molecule has 0 N–H and O–H groups in total. The van der Waals surface area contributed by atoms with Crippen LogP contribution >= 0.6 is 0 Å². The van der Waals surface area contributed by atoms with E-state index < -0.39 is 0 Å². The topological polar surface area (TPSA) is 82.1 Å². The van der Waals surface area contributed by atoms with Crippen LogP contribution in [0.1, 0.15) is 29.0 Å². The predicted molar refractivity (Wildman–Crippen MR) is 80.3 cm³/mol. The number of pyridine rings is 1. The number of anilines is 1. The molecule has 2 aromatic rings. The molecule has 0 radical (unpaired) electrons. The number of nitriles is 1. The van der Waals surface area contributed by atoms with Crippen LogP contribution < -0.4 is 4.90 Å². The lowest BCUT2D eigenvalue weighted by Crippen LogP contribution is -2.47. The smallest absolute Gasteiger partial charge is 0.245 e. The SMILES string of the molecule is Cc1noc([C@@H]2CN(c3ccc(C)c(C#N)n3)CCN2C)n1. The average Bonchev–Trinajstić information content (AvgIpc) is 2.95. The fraction of sp³-hybridized carbons (Fsp3) is 0.467. The number of nitrogens with zero attached hydrogens (tertiary/aromatic N) is 6. The summed E-state index contributed by atoms with van der Waals surface area (Å²) in [5.41, 5.74) is 1.37. The Morgan fingerprint density at radius 2 is 2.09 bits per heavy atom. The minimum absolute atomic E-state index is 0.0311. The number of aryl methyl sites for hydroxylation is 2. The second-order valence-electron chi connectivity index (χ2n) is 5.57.